The summed E-state index contributed by atoms with van der Waals surface area (Å²) >= 11 is 0. The molecular formula is C25H22N2O4. The van der Waals surface area contributed by atoms with Gasteiger partial charge < -0.3 is 20.4 Å². The van der Waals surface area contributed by atoms with Crippen molar-refractivity contribution in [3.63, 3.8) is 0 Å². The number of phenolic OH excluding ortho intramolecular Hbond substituents is 2. The van der Waals surface area contributed by atoms with E-state index in [1.807, 2.05) is 19.9 Å². The highest BCUT2D eigenvalue weighted by atomic mass is 16.3. The number of carbonyl (C=O) groups excluding carboxylic acids is 2. The first-order chi connectivity index (χ1) is 14.7. The van der Waals surface area contributed by atoms with E-state index in [0.717, 1.165) is 11.1 Å². The van der Waals surface area contributed by atoms with E-state index < -0.39 is 11.0 Å². The summed E-state index contributed by atoms with van der Waals surface area (Å²) in [5.41, 5.74) is 2.35. The molecule has 3 aromatic rings. The Bertz CT molecular complexity index is 1200. The molecule has 2 heterocycles. The van der Waals surface area contributed by atoms with E-state index in [1.165, 1.54) is 0 Å². The van der Waals surface area contributed by atoms with Crippen LogP contribution in [0.1, 0.15) is 46.5 Å². The van der Waals surface area contributed by atoms with Crippen LogP contribution in [0.2, 0.25) is 0 Å². The topological polar surface area (TPSA) is 89.9 Å². The third-order valence-corrected chi connectivity index (χ3v) is 6.77. The lowest BCUT2D eigenvalue weighted by Gasteiger charge is -2.31. The number of hydrogen-bond acceptors (Lipinski definition) is 4. The highest BCUT2D eigenvalue weighted by Gasteiger charge is 2.54. The average molecular weight is 414 g/mol. The Kier molecular flexibility index (Phi) is 3.78. The van der Waals surface area contributed by atoms with E-state index in [-0.39, 0.29) is 23.3 Å². The van der Waals surface area contributed by atoms with Crippen LogP contribution >= 0.6 is 0 Å². The van der Waals surface area contributed by atoms with E-state index in [9.17, 15) is 19.8 Å². The standard InChI is InChI=1S/C25H22N2O4/c1-24(2)20-18(22(30)27(24)3)12-13-19-21(20)26-23(31)25(19,14-4-8-16(28)9-5-14)15-6-10-17(29)11-7-15/h4-13,28-29H,1-3H3,(H,26,31). The molecule has 3 N–H and O–H groups in total. The minimum atomic E-state index is -1.19. The zero-order valence-corrected chi connectivity index (χ0v) is 17.4. The largest absolute Gasteiger partial charge is 0.508 e. The minimum absolute atomic E-state index is 0.0798. The van der Waals surface area contributed by atoms with E-state index in [4.69, 9.17) is 0 Å². The van der Waals surface area contributed by atoms with E-state index in [0.29, 0.717) is 22.4 Å². The Hall–Kier alpha value is -3.80. The Labute approximate surface area is 179 Å². The van der Waals surface area contributed by atoms with Gasteiger partial charge in [0, 0.05) is 23.7 Å². The van der Waals surface area contributed by atoms with Crippen molar-refractivity contribution in [2.45, 2.75) is 24.8 Å². The Morgan fingerprint density at radius 2 is 1.32 bits per heavy atom. The molecule has 0 bridgehead atoms. The average Bonchev–Trinajstić information content (AvgIpc) is 3.13. The number of anilines is 1. The summed E-state index contributed by atoms with van der Waals surface area (Å²) in [5, 5.41) is 22.7. The molecule has 6 heteroatoms. The third kappa shape index (κ3) is 2.33. The molecule has 0 saturated carbocycles. The maximum absolute atomic E-state index is 13.8. The smallest absolute Gasteiger partial charge is 0.254 e. The lowest BCUT2D eigenvalue weighted by atomic mass is 9.69. The number of aromatic hydroxyl groups is 2. The summed E-state index contributed by atoms with van der Waals surface area (Å²) in [7, 11) is 1.76. The fourth-order valence-corrected chi connectivity index (χ4v) is 4.95. The highest BCUT2D eigenvalue weighted by Crippen LogP contribution is 2.53. The van der Waals surface area contributed by atoms with E-state index in [1.54, 1.807) is 66.5 Å². The van der Waals surface area contributed by atoms with Crippen LogP contribution in [0, 0.1) is 0 Å². The molecule has 0 unspecified atom stereocenters. The maximum atomic E-state index is 13.8. The lowest BCUT2D eigenvalue weighted by molar-refractivity contribution is -0.118. The molecule has 31 heavy (non-hydrogen) atoms. The first kappa shape index (κ1) is 19.2. The van der Waals surface area contributed by atoms with Crippen molar-refractivity contribution < 1.29 is 19.8 Å². The molecule has 0 atom stereocenters. The van der Waals surface area contributed by atoms with Gasteiger partial charge in [-0.1, -0.05) is 30.3 Å². The van der Waals surface area contributed by atoms with Crippen LogP contribution in [-0.2, 0) is 15.7 Å². The molecule has 5 rings (SSSR count). The fourth-order valence-electron chi connectivity index (χ4n) is 4.95. The summed E-state index contributed by atoms with van der Waals surface area (Å²) in [6, 6.07) is 16.7. The van der Waals surface area contributed by atoms with Gasteiger partial charge in [-0.05, 0) is 55.3 Å². The van der Waals surface area contributed by atoms with Gasteiger partial charge in [0.15, 0.2) is 0 Å². The first-order valence-corrected chi connectivity index (χ1v) is 10.1. The summed E-state index contributed by atoms with van der Waals surface area (Å²) in [4.78, 5) is 28.3. The monoisotopic (exact) mass is 414 g/mol. The van der Waals surface area contributed by atoms with Crippen LogP contribution in [0.5, 0.6) is 11.5 Å². The molecule has 2 amide bonds. The molecule has 0 radical (unpaired) electrons. The predicted molar refractivity (Wildman–Crippen MR) is 116 cm³/mol. The molecule has 3 aromatic carbocycles. The molecule has 156 valence electrons. The van der Waals surface area contributed by atoms with Gasteiger partial charge in [0.25, 0.3) is 5.91 Å². The summed E-state index contributed by atoms with van der Waals surface area (Å²) in [5.74, 6) is -0.120. The van der Waals surface area contributed by atoms with Crippen molar-refractivity contribution >= 4 is 17.5 Å². The number of benzene rings is 3. The summed E-state index contributed by atoms with van der Waals surface area (Å²) in [6.45, 7) is 3.93. The second-order valence-electron chi connectivity index (χ2n) is 8.63. The van der Waals surface area contributed by atoms with Gasteiger partial charge in [0.05, 0.1) is 11.2 Å². The minimum Gasteiger partial charge on any atom is -0.508 e. The third-order valence-electron chi connectivity index (χ3n) is 6.77. The maximum Gasteiger partial charge on any atom is 0.254 e. The molecule has 2 aliphatic rings. The van der Waals surface area contributed by atoms with E-state index in [2.05, 4.69) is 5.32 Å². The van der Waals surface area contributed by atoms with Gasteiger partial charge in [-0.2, -0.15) is 0 Å². The number of rotatable bonds is 2. The molecule has 6 nitrogen and oxygen atoms in total. The normalized spacial score (nSPS) is 18.0. The Morgan fingerprint density at radius 3 is 1.84 bits per heavy atom. The zero-order chi connectivity index (χ0) is 22.1. The Balaban J connectivity index is 1.87. The fraction of sp³-hybridized carbons (Fsp3) is 0.200. The first-order valence-electron chi connectivity index (χ1n) is 10.1. The number of nitrogens with one attached hydrogen (secondary N) is 1. The summed E-state index contributed by atoms with van der Waals surface area (Å²) in [6.07, 6.45) is 0. The molecule has 0 fully saturated rings. The summed E-state index contributed by atoms with van der Waals surface area (Å²) < 4.78 is 0. The van der Waals surface area contributed by atoms with Crippen molar-refractivity contribution in [1.29, 1.82) is 0 Å². The van der Waals surface area contributed by atoms with Crippen molar-refractivity contribution in [1.82, 2.24) is 4.90 Å². The Morgan fingerprint density at radius 1 is 0.806 bits per heavy atom. The van der Waals surface area contributed by atoms with Crippen molar-refractivity contribution in [3.05, 3.63) is 88.5 Å². The van der Waals surface area contributed by atoms with Gasteiger partial charge >= 0.3 is 0 Å². The quantitative estimate of drug-likeness (QED) is 0.596. The van der Waals surface area contributed by atoms with Gasteiger partial charge in [-0.3, -0.25) is 9.59 Å². The van der Waals surface area contributed by atoms with Crippen molar-refractivity contribution in [2.75, 3.05) is 12.4 Å². The molecule has 0 aromatic heterocycles. The van der Waals surface area contributed by atoms with Gasteiger partial charge in [-0.15, -0.1) is 0 Å². The number of carbonyl (C=O) groups is 2. The molecule has 0 aliphatic carbocycles. The zero-order valence-electron chi connectivity index (χ0n) is 17.4. The number of nitrogens with zero attached hydrogens (tertiary/aromatic N) is 1. The lowest BCUT2D eigenvalue weighted by Crippen LogP contribution is -2.37. The second kappa shape index (κ2) is 6.11. The van der Waals surface area contributed by atoms with Crippen LogP contribution in [0.15, 0.2) is 60.7 Å². The molecule has 0 saturated heterocycles. The number of hydrogen-bond donors (Lipinski definition) is 3. The van der Waals surface area contributed by atoms with Crippen LogP contribution in [0.25, 0.3) is 0 Å². The van der Waals surface area contributed by atoms with Crippen LogP contribution < -0.4 is 5.32 Å². The SMILES string of the molecule is CN1C(=O)c2ccc3c(c2C1(C)C)NC(=O)C3(c1ccc(O)cc1)c1ccc(O)cc1. The van der Waals surface area contributed by atoms with Crippen LogP contribution in [-0.4, -0.2) is 34.0 Å². The molecular weight excluding hydrogens is 392 g/mol. The number of amides is 2. The predicted octanol–water partition coefficient (Wildman–Crippen LogP) is 3.71. The van der Waals surface area contributed by atoms with Crippen molar-refractivity contribution in [3.8, 4) is 11.5 Å². The van der Waals surface area contributed by atoms with Crippen molar-refractivity contribution in [2.24, 2.45) is 0 Å². The van der Waals surface area contributed by atoms with Gasteiger partial charge in [0.2, 0.25) is 5.91 Å². The number of phenols is 2. The second-order valence-corrected chi connectivity index (χ2v) is 8.63. The van der Waals surface area contributed by atoms with Crippen LogP contribution in [0.4, 0.5) is 5.69 Å². The molecule has 0 spiro atoms. The van der Waals surface area contributed by atoms with Gasteiger partial charge in [-0.25, -0.2) is 0 Å². The highest BCUT2D eigenvalue weighted by molar-refractivity contribution is 6.14. The van der Waals surface area contributed by atoms with Gasteiger partial charge in [0.1, 0.15) is 16.9 Å². The van der Waals surface area contributed by atoms with E-state index >= 15 is 0 Å². The van der Waals surface area contributed by atoms with Crippen LogP contribution in [0.3, 0.4) is 0 Å². The molecule has 2 aliphatic heterocycles. The number of fused-ring (bicyclic) bond motifs is 3.